The van der Waals surface area contributed by atoms with Crippen LogP contribution in [-0.2, 0) is 33.6 Å². The largest absolute Gasteiger partial charge is 0.508 e. The molecule has 0 aliphatic rings. The number of nitrogens with two attached hydrogens (primary N) is 1. The second-order valence-corrected chi connectivity index (χ2v) is 15.3. The van der Waals surface area contributed by atoms with Crippen LogP contribution in [0, 0.1) is 0 Å². The molecule has 0 radical (unpaired) electrons. The fraction of sp³-hybridized carbons (Fsp3) is 0.643. The number of hydrogen-bond donors (Lipinski definition) is 12. The van der Waals surface area contributed by atoms with Crippen molar-refractivity contribution in [2.24, 2.45) is 5.73 Å². The molecule has 0 saturated carbocycles. The van der Waals surface area contributed by atoms with E-state index in [1.807, 2.05) is 0 Å². The Morgan fingerprint density at radius 2 is 1.21 bits per heavy atom. The Labute approximate surface area is 358 Å². The van der Waals surface area contributed by atoms with Crippen LogP contribution in [0.1, 0.15) is 129 Å². The van der Waals surface area contributed by atoms with E-state index in [1.54, 1.807) is 0 Å². The van der Waals surface area contributed by atoms with E-state index in [1.165, 1.54) is 89.5 Å². The van der Waals surface area contributed by atoms with E-state index < -0.39 is 96.1 Å². The first kappa shape index (κ1) is 53.9. The van der Waals surface area contributed by atoms with Crippen LogP contribution in [-0.4, -0.2) is 116 Å². The van der Waals surface area contributed by atoms with Crippen LogP contribution >= 0.6 is 0 Å². The minimum atomic E-state index is -1.91. The van der Waals surface area contributed by atoms with Gasteiger partial charge in [0.2, 0.25) is 23.6 Å². The van der Waals surface area contributed by atoms with Crippen LogP contribution in [0.4, 0.5) is 0 Å². The lowest BCUT2D eigenvalue weighted by Gasteiger charge is -2.28. The van der Waals surface area contributed by atoms with Gasteiger partial charge in [0.05, 0.1) is 24.8 Å². The molecule has 1 rings (SSSR count). The van der Waals surface area contributed by atoms with Crippen molar-refractivity contribution in [3.05, 3.63) is 42.1 Å². The fourth-order valence-corrected chi connectivity index (χ4v) is 6.14. The highest BCUT2D eigenvalue weighted by atomic mass is 16.4. The van der Waals surface area contributed by atoms with Gasteiger partial charge in [-0.25, -0.2) is 0 Å². The number of carboxylic acid groups (broad SMARTS) is 1. The van der Waals surface area contributed by atoms with E-state index in [2.05, 4.69) is 45.4 Å². The van der Waals surface area contributed by atoms with Crippen molar-refractivity contribution in [2.75, 3.05) is 13.1 Å². The number of aliphatic hydroxyl groups is 3. The second kappa shape index (κ2) is 30.0. The molecule has 1 aromatic carbocycles. The van der Waals surface area contributed by atoms with Gasteiger partial charge in [-0.3, -0.25) is 33.6 Å². The normalized spacial score (nSPS) is 14.5. The average Bonchev–Trinajstić information content (AvgIpc) is 3.21. The second-order valence-electron chi connectivity index (χ2n) is 15.3. The summed E-state index contributed by atoms with van der Waals surface area (Å²) in [5.41, 5.74) is 5.51. The molecule has 0 saturated heterocycles. The number of aromatic hydroxyl groups is 1. The third-order valence-electron chi connectivity index (χ3n) is 9.87. The highest BCUT2D eigenvalue weighted by molar-refractivity contribution is 6.01. The van der Waals surface area contributed by atoms with Crippen molar-refractivity contribution in [2.45, 2.75) is 160 Å². The summed E-state index contributed by atoms with van der Waals surface area (Å²) < 4.78 is 0. The monoisotopic (exact) mass is 864 g/mol. The molecule has 19 nitrogen and oxygen atoms in total. The quantitative estimate of drug-likeness (QED) is 0.0353. The Bertz CT molecular complexity index is 1560. The standard InChI is InChI=1S/C42H69N7O12/c1-5-6-7-8-9-10-11-12-13-14-15-16-17-18-31(43)37(56)42(61)48-34(28(4)50)40(59)49-35(36(55)29-19-21-30(51)22-20-29)41(60)47-27(3)39(58)45-25-32(52)46-26(2)38(57)44-24-23-33(53)54/h19-22,26,28,31,34-37,50-51,55-56H,3,5-18,23-25,43H2,1-2,4H3,(H,44,57)(H,45,58)(H,46,52)(H,47,60)(H,48,61)(H,49,59)(H,53,54)/t26-,28-,31+,34+,35+,36+,37+/m1/s1. The number of unbranched alkanes of at least 4 members (excludes halogenated alkanes) is 12. The van der Waals surface area contributed by atoms with Gasteiger partial charge >= 0.3 is 5.97 Å². The van der Waals surface area contributed by atoms with Gasteiger partial charge in [0.25, 0.3) is 11.8 Å². The lowest BCUT2D eigenvalue weighted by molar-refractivity contribution is -0.139. The maximum absolute atomic E-state index is 13.5. The molecule has 1 aromatic rings. The highest BCUT2D eigenvalue weighted by Crippen LogP contribution is 2.21. The zero-order valence-corrected chi connectivity index (χ0v) is 35.7. The third kappa shape index (κ3) is 22.3. The van der Waals surface area contributed by atoms with Gasteiger partial charge < -0.3 is 63.2 Å². The molecule has 19 heteroatoms. The van der Waals surface area contributed by atoms with Gasteiger partial charge in [-0.1, -0.05) is 109 Å². The van der Waals surface area contributed by atoms with E-state index in [-0.39, 0.29) is 24.3 Å². The summed E-state index contributed by atoms with van der Waals surface area (Å²) in [7, 11) is 0. The molecule has 0 unspecified atom stereocenters. The van der Waals surface area contributed by atoms with Crippen LogP contribution in [0.15, 0.2) is 36.5 Å². The number of carbonyl (C=O) groups excluding carboxylic acids is 6. The summed E-state index contributed by atoms with van der Waals surface area (Å²) in [5.74, 6) is -7.27. The predicted molar refractivity (Wildman–Crippen MR) is 226 cm³/mol. The van der Waals surface area contributed by atoms with Crippen molar-refractivity contribution < 1.29 is 59.1 Å². The van der Waals surface area contributed by atoms with Crippen LogP contribution < -0.4 is 37.6 Å². The summed E-state index contributed by atoms with van der Waals surface area (Å²) in [4.78, 5) is 87.8. The van der Waals surface area contributed by atoms with Gasteiger partial charge in [0, 0.05) is 12.6 Å². The first-order chi connectivity index (χ1) is 28.9. The van der Waals surface area contributed by atoms with Crippen LogP contribution in [0.25, 0.3) is 0 Å². The van der Waals surface area contributed by atoms with Gasteiger partial charge in [-0.05, 0) is 38.0 Å². The molecular formula is C42H69N7O12. The number of aliphatic hydroxyl groups excluding tert-OH is 3. The summed E-state index contributed by atoms with van der Waals surface area (Å²) in [6.07, 6.45) is 9.77. The van der Waals surface area contributed by atoms with Gasteiger partial charge in [0.15, 0.2) is 0 Å². The van der Waals surface area contributed by atoms with Crippen molar-refractivity contribution >= 4 is 41.4 Å². The molecule has 344 valence electrons. The summed E-state index contributed by atoms with van der Waals surface area (Å²) in [5, 5.41) is 64.2. The molecular weight excluding hydrogens is 794 g/mol. The molecule has 0 aliphatic heterocycles. The topological polar surface area (TPSA) is 319 Å². The number of benzene rings is 1. The number of phenols is 1. The first-order valence-corrected chi connectivity index (χ1v) is 21.2. The van der Waals surface area contributed by atoms with Crippen molar-refractivity contribution in [1.82, 2.24) is 31.9 Å². The number of rotatable bonds is 32. The average molecular weight is 864 g/mol. The molecule has 6 amide bonds. The zero-order valence-electron chi connectivity index (χ0n) is 35.7. The molecule has 0 heterocycles. The lowest BCUT2D eigenvalue weighted by atomic mass is 9.99. The number of aliphatic carboxylic acids is 1. The number of nitrogens with one attached hydrogen (secondary N) is 6. The predicted octanol–water partition coefficient (Wildman–Crippen LogP) is 0.787. The Balaban J connectivity index is 2.81. The van der Waals surface area contributed by atoms with Gasteiger partial charge in [0.1, 0.15) is 36.1 Å². The van der Waals surface area contributed by atoms with E-state index in [4.69, 9.17) is 10.8 Å². The smallest absolute Gasteiger partial charge is 0.305 e. The van der Waals surface area contributed by atoms with Crippen LogP contribution in [0.5, 0.6) is 5.75 Å². The minimum absolute atomic E-state index is 0.0262. The van der Waals surface area contributed by atoms with Crippen LogP contribution in [0.3, 0.4) is 0 Å². The van der Waals surface area contributed by atoms with E-state index in [0.717, 1.165) is 25.7 Å². The molecule has 0 aromatic heterocycles. The number of amides is 6. The molecule has 7 atom stereocenters. The third-order valence-corrected chi connectivity index (χ3v) is 9.87. The molecule has 61 heavy (non-hydrogen) atoms. The Kier molecular flexibility index (Phi) is 26.5. The molecule has 13 N–H and O–H groups in total. The number of carbonyl (C=O) groups is 7. The lowest BCUT2D eigenvalue weighted by Crippen LogP contribution is -2.60. The molecule has 0 fully saturated rings. The van der Waals surface area contributed by atoms with Crippen LogP contribution in [0.2, 0.25) is 0 Å². The maximum Gasteiger partial charge on any atom is 0.305 e. The number of phenolic OH excluding ortho intramolecular Hbond substituents is 1. The van der Waals surface area contributed by atoms with E-state index in [0.29, 0.717) is 12.8 Å². The number of carboxylic acids is 1. The Hall–Kier alpha value is -5.11. The maximum atomic E-state index is 13.5. The molecule has 0 aliphatic carbocycles. The van der Waals surface area contributed by atoms with Crippen molar-refractivity contribution in [1.29, 1.82) is 0 Å². The van der Waals surface area contributed by atoms with Gasteiger partial charge in [-0.2, -0.15) is 0 Å². The summed E-state index contributed by atoms with van der Waals surface area (Å²) in [6.45, 7) is 7.32. The summed E-state index contributed by atoms with van der Waals surface area (Å²) in [6, 6.07) is -0.807. The van der Waals surface area contributed by atoms with Gasteiger partial charge in [-0.15, -0.1) is 0 Å². The van der Waals surface area contributed by atoms with E-state index in [9.17, 15) is 54.0 Å². The SMILES string of the molecule is C=C(NC(=O)[C@@H](NC(=O)[C@@H](NC(=O)[C@@H](O)[C@@H](N)CCCCCCCCCCCCCCC)[C@@H](C)O)[C@@H](O)c1ccc(O)cc1)C(=O)NCC(=O)N[C@H](C)C(=O)NCCC(=O)O. The zero-order chi connectivity index (χ0) is 45.9. The minimum Gasteiger partial charge on any atom is -0.508 e. The Morgan fingerprint density at radius 1 is 0.689 bits per heavy atom. The highest BCUT2D eigenvalue weighted by Gasteiger charge is 2.36. The molecule has 0 spiro atoms. The molecule has 0 bridgehead atoms. The van der Waals surface area contributed by atoms with E-state index >= 15 is 0 Å². The summed E-state index contributed by atoms with van der Waals surface area (Å²) >= 11 is 0. The van der Waals surface area contributed by atoms with Crippen molar-refractivity contribution in [3.63, 3.8) is 0 Å². The fourth-order valence-electron chi connectivity index (χ4n) is 6.14. The van der Waals surface area contributed by atoms with Crippen molar-refractivity contribution in [3.8, 4) is 5.75 Å². The first-order valence-electron chi connectivity index (χ1n) is 21.2. The Morgan fingerprint density at radius 3 is 1.74 bits per heavy atom. The number of hydrogen-bond acceptors (Lipinski definition) is 12.